The summed E-state index contributed by atoms with van der Waals surface area (Å²) in [6.07, 6.45) is 2.04. The number of alkyl halides is 1. The zero-order valence-corrected chi connectivity index (χ0v) is 13.1. The Labute approximate surface area is 124 Å². The molecule has 0 N–H and O–H groups in total. The van der Waals surface area contributed by atoms with E-state index in [4.69, 9.17) is 16.3 Å². The number of halogens is 2. The van der Waals surface area contributed by atoms with Crippen LogP contribution in [0.5, 0.6) is 0 Å². The number of hydrogen-bond donors (Lipinski definition) is 0. The molecule has 1 aliphatic rings. The van der Waals surface area contributed by atoms with Crippen molar-refractivity contribution in [3.8, 4) is 0 Å². The van der Waals surface area contributed by atoms with Gasteiger partial charge in [0.1, 0.15) is 4.88 Å². The molecule has 0 bridgehead atoms. The molecule has 18 heavy (non-hydrogen) atoms. The van der Waals surface area contributed by atoms with Gasteiger partial charge in [-0.25, -0.2) is 0 Å². The average Bonchev–Trinajstić information content (AvgIpc) is 2.82. The topological polar surface area (TPSA) is 29.5 Å². The molecule has 1 aliphatic heterocycles. The summed E-state index contributed by atoms with van der Waals surface area (Å²) in [5, 5.41) is 1.92. The molecule has 0 unspecified atom stereocenters. The van der Waals surface area contributed by atoms with Crippen LogP contribution >= 0.6 is 38.9 Å². The zero-order valence-electron chi connectivity index (χ0n) is 9.90. The molecule has 1 saturated heterocycles. The summed E-state index contributed by atoms with van der Waals surface area (Å²) >= 11 is 10.5. The highest BCUT2D eigenvalue weighted by atomic mass is 79.9. The van der Waals surface area contributed by atoms with Crippen LogP contribution in [0.3, 0.4) is 0 Å². The van der Waals surface area contributed by atoms with E-state index in [9.17, 15) is 4.79 Å². The molecule has 0 radical (unpaired) electrons. The molecule has 2 heterocycles. The van der Waals surface area contributed by atoms with Gasteiger partial charge in [-0.15, -0.1) is 22.9 Å². The standard InChI is InChI=1S/C12H15BrClNO2S/c13-10-3-8-18-11(10)12(16)15-5-1-9(2-6-15)17-7-4-14/h3,8-9H,1-2,4-7H2. The predicted molar refractivity (Wildman–Crippen MR) is 77.6 cm³/mol. The van der Waals surface area contributed by atoms with E-state index in [0.29, 0.717) is 12.5 Å². The fourth-order valence-electron chi connectivity index (χ4n) is 2.03. The molecule has 2 rings (SSSR count). The number of nitrogens with zero attached hydrogens (tertiary/aromatic N) is 1. The van der Waals surface area contributed by atoms with Gasteiger partial charge in [0.25, 0.3) is 5.91 Å². The highest BCUT2D eigenvalue weighted by Crippen LogP contribution is 2.25. The predicted octanol–water partition coefficient (Wildman–Crippen LogP) is 3.37. The van der Waals surface area contributed by atoms with E-state index in [0.717, 1.165) is 35.3 Å². The lowest BCUT2D eigenvalue weighted by Crippen LogP contribution is -2.40. The molecular formula is C12H15BrClNO2S. The van der Waals surface area contributed by atoms with Crippen LogP contribution in [0, 0.1) is 0 Å². The van der Waals surface area contributed by atoms with E-state index >= 15 is 0 Å². The third kappa shape index (κ3) is 3.47. The smallest absolute Gasteiger partial charge is 0.265 e. The first-order chi connectivity index (χ1) is 8.72. The number of ether oxygens (including phenoxy) is 1. The maximum Gasteiger partial charge on any atom is 0.265 e. The lowest BCUT2D eigenvalue weighted by Gasteiger charge is -2.31. The van der Waals surface area contributed by atoms with Crippen molar-refractivity contribution in [2.45, 2.75) is 18.9 Å². The maximum atomic E-state index is 12.2. The second-order valence-electron chi connectivity index (χ2n) is 4.15. The van der Waals surface area contributed by atoms with E-state index in [1.807, 2.05) is 16.3 Å². The summed E-state index contributed by atoms with van der Waals surface area (Å²) in [4.78, 5) is 14.9. The highest BCUT2D eigenvalue weighted by Gasteiger charge is 2.25. The van der Waals surface area contributed by atoms with Gasteiger partial charge in [-0.05, 0) is 40.2 Å². The number of carbonyl (C=O) groups excluding carboxylic acids is 1. The molecule has 1 amide bonds. The van der Waals surface area contributed by atoms with Gasteiger partial charge < -0.3 is 9.64 Å². The van der Waals surface area contributed by atoms with Gasteiger partial charge in [-0.1, -0.05) is 0 Å². The summed E-state index contributed by atoms with van der Waals surface area (Å²) in [7, 11) is 0. The summed E-state index contributed by atoms with van der Waals surface area (Å²) in [6.45, 7) is 2.11. The van der Waals surface area contributed by atoms with Crippen molar-refractivity contribution in [1.82, 2.24) is 4.90 Å². The molecule has 0 atom stereocenters. The largest absolute Gasteiger partial charge is 0.377 e. The molecule has 0 aromatic carbocycles. The Morgan fingerprint density at radius 1 is 1.56 bits per heavy atom. The fraction of sp³-hybridized carbons (Fsp3) is 0.583. The number of thiophene rings is 1. The monoisotopic (exact) mass is 351 g/mol. The lowest BCUT2D eigenvalue weighted by atomic mass is 10.1. The molecule has 100 valence electrons. The van der Waals surface area contributed by atoms with Crippen molar-refractivity contribution in [3.63, 3.8) is 0 Å². The van der Waals surface area contributed by atoms with Crippen molar-refractivity contribution >= 4 is 44.8 Å². The van der Waals surface area contributed by atoms with Gasteiger partial charge in [0, 0.05) is 23.4 Å². The third-order valence-electron chi connectivity index (χ3n) is 2.97. The van der Waals surface area contributed by atoms with Crippen molar-refractivity contribution in [1.29, 1.82) is 0 Å². The molecule has 6 heteroatoms. The van der Waals surface area contributed by atoms with Crippen molar-refractivity contribution in [3.05, 3.63) is 20.8 Å². The molecule has 1 aromatic heterocycles. The minimum atomic E-state index is 0.118. The number of carbonyl (C=O) groups is 1. The van der Waals surface area contributed by atoms with Crippen LogP contribution in [0.4, 0.5) is 0 Å². The molecule has 0 aliphatic carbocycles. The Bertz CT molecular complexity index is 405. The van der Waals surface area contributed by atoms with Crippen molar-refractivity contribution < 1.29 is 9.53 Å². The van der Waals surface area contributed by atoms with Gasteiger partial charge in [0.05, 0.1) is 12.7 Å². The van der Waals surface area contributed by atoms with Gasteiger partial charge >= 0.3 is 0 Å². The first kappa shape index (κ1) is 14.3. The van der Waals surface area contributed by atoms with E-state index < -0.39 is 0 Å². The lowest BCUT2D eigenvalue weighted by molar-refractivity contribution is 0.0155. The van der Waals surface area contributed by atoms with E-state index in [-0.39, 0.29) is 12.0 Å². The fourth-order valence-corrected chi connectivity index (χ4v) is 3.62. The highest BCUT2D eigenvalue weighted by molar-refractivity contribution is 9.10. The zero-order chi connectivity index (χ0) is 13.0. The van der Waals surface area contributed by atoms with Crippen molar-refractivity contribution in [2.24, 2.45) is 0 Å². The van der Waals surface area contributed by atoms with Crippen LogP contribution in [0.25, 0.3) is 0 Å². The molecule has 1 fully saturated rings. The number of amides is 1. The van der Waals surface area contributed by atoms with Gasteiger partial charge in [-0.2, -0.15) is 0 Å². The third-order valence-corrected chi connectivity index (χ3v) is 4.95. The number of hydrogen-bond acceptors (Lipinski definition) is 3. The molecule has 0 spiro atoms. The van der Waals surface area contributed by atoms with E-state index in [1.165, 1.54) is 11.3 Å². The number of likely N-dealkylation sites (tertiary alicyclic amines) is 1. The van der Waals surface area contributed by atoms with E-state index in [1.54, 1.807) is 0 Å². The quantitative estimate of drug-likeness (QED) is 0.778. The number of rotatable bonds is 4. The summed E-state index contributed by atoms with van der Waals surface area (Å²) < 4.78 is 6.49. The van der Waals surface area contributed by atoms with Crippen LogP contribution in [0.15, 0.2) is 15.9 Å². The SMILES string of the molecule is O=C(c1sccc1Br)N1CCC(OCCCl)CC1. The Morgan fingerprint density at radius 3 is 2.83 bits per heavy atom. The van der Waals surface area contributed by atoms with Crippen LogP contribution in [0.1, 0.15) is 22.5 Å². The van der Waals surface area contributed by atoms with E-state index in [2.05, 4.69) is 15.9 Å². The molecule has 0 saturated carbocycles. The molecule has 3 nitrogen and oxygen atoms in total. The normalized spacial score (nSPS) is 17.1. The summed E-state index contributed by atoms with van der Waals surface area (Å²) in [5.41, 5.74) is 0. The number of piperidine rings is 1. The van der Waals surface area contributed by atoms with Gasteiger partial charge in [0.2, 0.25) is 0 Å². The average molecular weight is 353 g/mol. The van der Waals surface area contributed by atoms with Crippen LogP contribution < -0.4 is 0 Å². The Balaban J connectivity index is 1.86. The molecule has 1 aromatic rings. The second-order valence-corrected chi connectivity index (χ2v) is 6.30. The first-order valence-corrected chi connectivity index (χ1v) is 8.13. The Hall–Kier alpha value is -0.100. The molecular weight excluding hydrogens is 338 g/mol. The summed E-state index contributed by atoms with van der Waals surface area (Å²) in [6, 6.07) is 1.91. The summed E-state index contributed by atoms with van der Waals surface area (Å²) in [5.74, 6) is 0.647. The minimum absolute atomic E-state index is 0.118. The maximum absolute atomic E-state index is 12.2. The van der Waals surface area contributed by atoms with Crippen LogP contribution in [-0.4, -0.2) is 42.5 Å². The Kier molecular flexibility index (Phi) is 5.48. The Morgan fingerprint density at radius 2 is 2.28 bits per heavy atom. The first-order valence-electron chi connectivity index (χ1n) is 5.92. The van der Waals surface area contributed by atoms with Gasteiger partial charge in [-0.3, -0.25) is 4.79 Å². The van der Waals surface area contributed by atoms with Crippen LogP contribution in [-0.2, 0) is 4.74 Å². The van der Waals surface area contributed by atoms with Crippen molar-refractivity contribution in [2.75, 3.05) is 25.6 Å². The van der Waals surface area contributed by atoms with Gasteiger partial charge in [0.15, 0.2) is 0 Å². The van der Waals surface area contributed by atoms with Crippen LogP contribution in [0.2, 0.25) is 0 Å². The minimum Gasteiger partial charge on any atom is -0.377 e. The second kappa shape index (κ2) is 6.89.